The average molecular weight is 610 g/mol. The van der Waals surface area contributed by atoms with E-state index in [-0.39, 0.29) is 29.7 Å². The Hall–Kier alpha value is -3.86. The van der Waals surface area contributed by atoms with E-state index in [2.05, 4.69) is 0 Å². The van der Waals surface area contributed by atoms with Gasteiger partial charge >= 0.3 is 0 Å². The number of anilines is 1. The van der Waals surface area contributed by atoms with E-state index >= 15 is 0 Å². The van der Waals surface area contributed by atoms with E-state index in [4.69, 9.17) is 17.3 Å². The third kappa shape index (κ3) is 4.77. The standard InChI is InChI=1S/C32H36ClN3O7/c1-35(2)21-14-16(7-5-6-15-8-10-18(33)11-9-15)26(37)23-19(21)12-17-13-20-25(36(3)4)28(39)24(31(34)42)30(41)32(20,43)29(40)22(17)27(23)38/h8-11,14,17,20,25,37-38,41,43H,5-7,12-13H2,1-4H3,(H2,34,42)/t17-,20-,25-,32-/m0/s1. The van der Waals surface area contributed by atoms with Crippen LogP contribution in [-0.2, 0) is 33.6 Å². The van der Waals surface area contributed by atoms with Gasteiger partial charge in [0.15, 0.2) is 11.4 Å². The summed E-state index contributed by atoms with van der Waals surface area (Å²) >= 11 is 5.99. The number of aliphatic hydroxyl groups is 3. The highest BCUT2D eigenvalue weighted by atomic mass is 35.5. The number of aromatic hydroxyl groups is 1. The lowest BCUT2D eigenvalue weighted by atomic mass is 9.57. The molecule has 2 aromatic carbocycles. The van der Waals surface area contributed by atoms with Crippen molar-refractivity contribution in [2.24, 2.45) is 17.6 Å². The second-order valence-electron chi connectivity index (χ2n) is 12.1. The first-order valence-electron chi connectivity index (χ1n) is 14.1. The summed E-state index contributed by atoms with van der Waals surface area (Å²) in [7, 11) is 6.84. The van der Waals surface area contributed by atoms with E-state index in [1.165, 1.54) is 4.90 Å². The fourth-order valence-electron chi connectivity index (χ4n) is 7.07. The number of hydrogen-bond acceptors (Lipinski definition) is 9. The van der Waals surface area contributed by atoms with E-state index in [9.17, 15) is 34.8 Å². The third-order valence-corrected chi connectivity index (χ3v) is 9.33. The van der Waals surface area contributed by atoms with Crippen LogP contribution in [-0.4, -0.2) is 82.6 Å². The van der Waals surface area contributed by atoms with Crippen LogP contribution in [0.1, 0.15) is 35.1 Å². The lowest BCUT2D eigenvalue weighted by molar-refractivity contribution is -0.153. The van der Waals surface area contributed by atoms with Crippen molar-refractivity contribution in [3.05, 3.63) is 74.5 Å². The molecule has 3 aliphatic rings. The molecule has 43 heavy (non-hydrogen) atoms. The maximum Gasteiger partial charge on any atom is 0.255 e. The van der Waals surface area contributed by atoms with Crippen LogP contribution in [0.25, 0.3) is 5.76 Å². The number of fused-ring (bicyclic) bond motifs is 3. The minimum atomic E-state index is -2.67. The minimum absolute atomic E-state index is 0.0439. The number of carbonyl (C=O) groups is 3. The number of rotatable bonds is 7. The molecule has 0 heterocycles. The van der Waals surface area contributed by atoms with E-state index in [0.717, 1.165) is 17.7 Å². The summed E-state index contributed by atoms with van der Waals surface area (Å²) in [6, 6.07) is 8.28. The predicted octanol–water partition coefficient (Wildman–Crippen LogP) is 2.86. The van der Waals surface area contributed by atoms with Crippen molar-refractivity contribution in [1.29, 1.82) is 0 Å². The van der Waals surface area contributed by atoms with Crippen molar-refractivity contribution in [1.82, 2.24) is 4.90 Å². The molecule has 0 spiro atoms. The summed E-state index contributed by atoms with van der Waals surface area (Å²) in [6.45, 7) is 0. The molecule has 4 atom stereocenters. The molecule has 1 fully saturated rings. The van der Waals surface area contributed by atoms with Gasteiger partial charge in [-0.25, -0.2) is 0 Å². The number of nitrogens with zero attached hydrogens (tertiary/aromatic N) is 2. The minimum Gasteiger partial charge on any atom is -0.508 e. The van der Waals surface area contributed by atoms with E-state index in [1.54, 1.807) is 14.1 Å². The van der Waals surface area contributed by atoms with Gasteiger partial charge in [0.2, 0.25) is 5.78 Å². The van der Waals surface area contributed by atoms with Crippen molar-refractivity contribution in [3.63, 3.8) is 0 Å². The quantitative estimate of drug-likeness (QED) is 0.297. The Kier molecular flexibility index (Phi) is 7.83. The van der Waals surface area contributed by atoms with Crippen molar-refractivity contribution in [2.45, 2.75) is 43.7 Å². The molecule has 228 valence electrons. The Morgan fingerprint density at radius 3 is 2.30 bits per heavy atom. The fourth-order valence-corrected chi connectivity index (χ4v) is 7.20. The molecule has 6 N–H and O–H groups in total. The van der Waals surface area contributed by atoms with Gasteiger partial charge in [-0.05, 0) is 87.0 Å². The summed E-state index contributed by atoms with van der Waals surface area (Å²) in [4.78, 5) is 42.9. The zero-order valence-corrected chi connectivity index (χ0v) is 25.3. The predicted molar refractivity (Wildman–Crippen MR) is 162 cm³/mol. The molecule has 1 saturated carbocycles. The molecule has 0 bridgehead atoms. The fraction of sp³-hybridized carbons (Fsp3) is 0.406. The van der Waals surface area contributed by atoms with Crippen molar-refractivity contribution < 1.29 is 34.8 Å². The van der Waals surface area contributed by atoms with Gasteiger partial charge in [-0.2, -0.15) is 0 Å². The maximum atomic E-state index is 14.1. The normalized spacial score (nSPS) is 25.0. The zero-order valence-electron chi connectivity index (χ0n) is 24.5. The molecule has 0 unspecified atom stereocenters. The second-order valence-corrected chi connectivity index (χ2v) is 12.5. The van der Waals surface area contributed by atoms with Crippen molar-refractivity contribution in [2.75, 3.05) is 33.1 Å². The summed E-state index contributed by atoms with van der Waals surface area (Å²) in [6.07, 6.45) is 2.18. The van der Waals surface area contributed by atoms with Crippen LogP contribution in [0, 0.1) is 11.8 Å². The highest BCUT2D eigenvalue weighted by Crippen LogP contribution is 2.54. The molecule has 11 heteroatoms. The number of hydrogen-bond donors (Lipinski definition) is 5. The van der Waals surface area contributed by atoms with Gasteiger partial charge in [0.05, 0.1) is 11.6 Å². The molecule has 1 amide bonds. The summed E-state index contributed by atoms with van der Waals surface area (Å²) in [5.41, 5.74) is 4.90. The third-order valence-electron chi connectivity index (χ3n) is 9.08. The lowest BCUT2D eigenvalue weighted by Gasteiger charge is -2.50. The molecule has 0 radical (unpaired) electrons. The van der Waals surface area contributed by atoms with Gasteiger partial charge in [-0.3, -0.25) is 19.3 Å². The van der Waals surface area contributed by atoms with Gasteiger partial charge in [0, 0.05) is 36.3 Å². The summed E-state index contributed by atoms with van der Waals surface area (Å²) in [5, 5.41) is 46.6. The van der Waals surface area contributed by atoms with Crippen LogP contribution in [0.2, 0.25) is 5.02 Å². The highest BCUT2D eigenvalue weighted by molar-refractivity contribution is 6.30. The highest BCUT2D eigenvalue weighted by Gasteiger charge is 2.64. The summed E-state index contributed by atoms with van der Waals surface area (Å²) < 4.78 is 0. The number of halogens is 1. The second kappa shape index (κ2) is 11.0. The zero-order chi connectivity index (χ0) is 31.5. The number of Topliss-reactive ketones (excluding diaryl/α,β-unsaturated/α-hetero) is 2. The van der Waals surface area contributed by atoms with Gasteiger partial charge in [0.25, 0.3) is 5.91 Å². The Morgan fingerprint density at radius 2 is 1.72 bits per heavy atom. The number of aryl methyl sites for hydroxylation is 2. The largest absolute Gasteiger partial charge is 0.508 e. The SMILES string of the molecule is CN(C)c1cc(CCCc2ccc(Cl)cc2)c(O)c2c1C[C@H]1C[C@H]3[C@H](N(C)C)C(=O)C(C(N)=O)=C(O)[C@@]3(O)C(=O)C1=C2O. The number of ketones is 2. The van der Waals surface area contributed by atoms with Gasteiger partial charge in [0.1, 0.15) is 22.8 Å². The van der Waals surface area contributed by atoms with Gasteiger partial charge in [-0.15, -0.1) is 0 Å². The maximum absolute atomic E-state index is 14.1. The first-order valence-corrected chi connectivity index (χ1v) is 14.5. The average Bonchev–Trinajstić information content (AvgIpc) is 2.92. The van der Waals surface area contributed by atoms with Crippen LogP contribution >= 0.6 is 11.6 Å². The number of carbonyl (C=O) groups excluding carboxylic acids is 3. The molecule has 2 aromatic rings. The number of benzene rings is 2. The number of primary amides is 1. The number of amides is 1. The Bertz CT molecular complexity index is 1590. The van der Waals surface area contributed by atoms with Crippen molar-refractivity contribution in [3.8, 4) is 5.75 Å². The number of aliphatic hydroxyl groups excluding tert-OH is 2. The van der Waals surface area contributed by atoms with Crippen LogP contribution in [0.4, 0.5) is 5.69 Å². The molecule has 10 nitrogen and oxygen atoms in total. The van der Waals surface area contributed by atoms with Gasteiger partial charge in [-0.1, -0.05) is 23.7 Å². The van der Waals surface area contributed by atoms with Crippen LogP contribution in [0.15, 0.2) is 47.2 Å². The number of phenols is 1. The van der Waals surface area contributed by atoms with E-state index in [0.29, 0.717) is 29.0 Å². The van der Waals surface area contributed by atoms with Crippen LogP contribution < -0.4 is 10.6 Å². The lowest BCUT2D eigenvalue weighted by Crippen LogP contribution is -2.65. The van der Waals surface area contributed by atoms with Gasteiger partial charge < -0.3 is 31.1 Å². The molecule has 0 saturated heterocycles. The number of phenolic OH excluding ortho intramolecular Hbond substituents is 1. The first kappa shape index (κ1) is 30.6. The van der Waals surface area contributed by atoms with Crippen LogP contribution in [0.5, 0.6) is 5.75 Å². The molecular formula is C32H36ClN3O7. The monoisotopic (exact) mass is 609 g/mol. The smallest absolute Gasteiger partial charge is 0.255 e. The number of nitrogens with two attached hydrogens (primary N) is 1. The Balaban J connectivity index is 1.61. The van der Waals surface area contributed by atoms with Crippen LogP contribution in [0.3, 0.4) is 0 Å². The summed E-state index contributed by atoms with van der Waals surface area (Å²) in [5.74, 6) is -6.56. The topological polar surface area (TPSA) is 165 Å². The first-order chi connectivity index (χ1) is 20.2. The molecule has 5 rings (SSSR count). The van der Waals surface area contributed by atoms with E-state index in [1.807, 2.05) is 49.3 Å². The molecule has 0 aromatic heterocycles. The Morgan fingerprint density at radius 1 is 1.07 bits per heavy atom. The molecular weight excluding hydrogens is 574 g/mol. The van der Waals surface area contributed by atoms with Crippen molar-refractivity contribution >= 4 is 40.5 Å². The Labute approximate surface area is 254 Å². The molecule has 3 aliphatic carbocycles. The number of likely N-dealkylation sites (N-methyl/N-ethyl adjacent to an activating group) is 1. The molecule has 0 aliphatic heterocycles. The van der Waals surface area contributed by atoms with E-state index < -0.39 is 58.0 Å².